The van der Waals surface area contributed by atoms with E-state index in [0.717, 1.165) is 18.1 Å². The van der Waals surface area contributed by atoms with Crippen LogP contribution in [0.3, 0.4) is 0 Å². The van der Waals surface area contributed by atoms with Crippen LogP contribution in [-0.2, 0) is 13.1 Å². The molecule has 1 heterocycles. The molecular weight excluding hydrogens is 326 g/mol. The van der Waals surface area contributed by atoms with Crippen molar-refractivity contribution in [1.82, 2.24) is 10.6 Å². The average molecular weight is 349 g/mol. The standard InChI is InChI=1S/C17H23N3O3S/c1-18-17(19-9-12-7-8-24-11-12)20-10-13-5-6-14(21-2)16(23-4)15(13)22-3/h5-8,11H,9-10H2,1-4H3,(H2,18,19,20). The second-order valence-corrected chi connectivity index (χ2v) is 5.68. The van der Waals surface area contributed by atoms with Crippen molar-refractivity contribution in [3.05, 3.63) is 40.1 Å². The van der Waals surface area contributed by atoms with Crippen molar-refractivity contribution in [1.29, 1.82) is 0 Å². The van der Waals surface area contributed by atoms with Crippen LogP contribution in [0.4, 0.5) is 0 Å². The van der Waals surface area contributed by atoms with Gasteiger partial charge < -0.3 is 24.8 Å². The lowest BCUT2D eigenvalue weighted by Crippen LogP contribution is -2.36. The first-order valence-electron chi connectivity index (χ1n) is 7.46. The Morgan fingerprint density at radius 3 is 2.33 bits per heavy atom. The Morgan fingerprint density at radius 2 is 1.75 bits per heavy atom. The lowest BCUT2D eigenvalue weighted by Gasteiger charge is -2.17. The fourth-order valence-electron chi connectivity index (χ4n) is 2.28. The summed E-state index contributed by atoms with van der Waals surface area (Å²) in [5.41, 5.74) is 2.18. The Balaban J connectivity index is 2.04. The maximum Gasteiger partial charge on any atom is 0.203 e. The Hall–Kier alpha value is -2.41. The van der Waals surface area contributed by atoms with Crippen LogP contribution >= 0.6 is 11.3 Å². The molecule has 2 rings (SSSR count). The quantitative estimate of drug-likeness (QED) is 0.594. The molecule has 0 saturated heterocycles. The second kappa shape index (κ2) is 9.02. The number of methoxy groups -OCH3 is 3. The van der Waals surface area contributed by atoms with Crippen LogP contribution in [0.2, 0.25) is 0 Å². The van der Waals surface area contributed by atoms with Crippen LogP contribution in [-0.4, -0.2) is 34.3 Å². The summed E-state index contributed by atoms with van der Waals surface area (Å²) in [4.78, 5) is 4.24. The van der Waals surface area contributed by atoms with E-state index < -0.39 is 0 Å². The fourth-order valence-corrected chi connectivity index (χ4v) is 2.95. The molecule has 130 valence electrons. The minimum Gasteiger partial charge on any atom is -0.493 e. The molecular formula is C17H23N3O3S. The molecule has 0 atom stereocenters. The van der Waals surface area contributed by atoms with Gasteiger partial charge in [0.2, 0.25) is 5.75 Å². The van der Waals surface area contributed by atoms with Gasteiger partial charge in [-0.3, -0.25) is 4.99 Å². The molecule has 0 radical (unpaired) electrons. The minimum absolute atomic E-state index is 0.548. The van der Waals surface area contributed by atoms with Crippen molar-refractivity contribution in [3.63, 3.8) is 0 Å². The van der Waals surface area contributed by atoms with E-state index in [-0.39, 0.29) is 0 Å². The molecule has 0 unspecified atom stereocenters. The molecule has 24 heavy (non-hydrogen) atoms. The van der Waals surface area contributed by atoms with E-state index in [2.05, 4.69) is 32.5 Å². The zero-order valence-electron chi connectivity index (χ0n) is 14.4. The number of guanidine groups is 1. The van der Waals surface area contributed by atoms with Gasteiger partial charge in [-0.2, -0.15) is 11.3 Å². The maximum atomic E-state index is 5.49. The Bertz CT molecular complexity index is 672. The highest BCUT2D eigenvalue weighted by atomic mass is 32.1. The zero-order valence-corrected chi connectivity index (χ0v) is 15.2. The van der Waals surface area contributed by atoms with E-state index in [1.807, 2.05) is 12.1 Å². The van der Waals surface area contributed by atoms with Crippen molar-refractivity contribution in [2.75, 3.05) is 28.4 Å². The summed E-state index contributed by atoms with van der Waals surface area (Å²) in [5.74, 6) is 2.59. The molecule has 0 bridgehead atoms. The second-order valence-electron chi connectivity index (χ2n) is 4.90. The number of nitrogens with one attached hydrogen (secondary N) is 2. The van der Waals surface area contributed by atoms with Crippen molar-refractivity contribution in [2.45, 2.75) is 13.1 Å². The predicted molar refractivity (Wildman–Crippen MR) is 97.5 cm³/mol. The molecule has 0 fully saturated rings. The molecule has 0 aliphatic heterocycles. The molecule has 2 N–H and O–H groups in total. The van der Waals surface area contributed by atoms with Crippen molar-refractivity contribution < 1.29 is 14.2 Å². The predicted octanol–water partition coefficient (Wildman–Crippen LogP) is 2.64. The molecule has 0 aliphatic carbocycles. The van der Waals surface area contributed by atoms with E-state index in [1.54, 1.807) is 39.7 Å². The molecule has 6 nitrogen and oxygen atoms in total. The highest BCUT2D eigenvalue weighted by Gasteiger charge is 2.15. The summed E-state index contributed by atoms with van der Waals surface area (Å²) in [6.07, 6.45) is 0. The highest BCUT2D eigenvalue weighted by Crippen LogP contribution is 2.39. The number of hydrogen-bond donors (Lipinski definition) is 2. The first kappa shape index (κ1) is 17.9. The molecule has 0 spiro atoms. The number of thiophene rings is 1. The van der Waals surface area contributed by atoms with Crippen molar-refractivity contribution in [2.24, 2.45) is 4.99 Å². The van der Waals surface area contributed by atoms with Crippen LogP contribution in [0, 0.1) is 0 Å². The third kappa shape index (κ3) is 4.32. The Kier molecular flexibility index (Phi) is 6.74. The van der Waals surface area contributed by atoms with E-state index in [9.17, 15) is 0 Å². The number of hydrogen-bond acceptors (Lipinski definition) is 5. The van der Waals surface area contributed by atoms with E-state index in [0.29, 0.717) is 23.8 Å². The summed E-state index contributed by atoms with van der Waals surface area (Å²) in [6, 6.07) is 5.89. The van der Waals surface area contributed by atoms with Gasteiger partial charge in [0.15, 0.2) is 17.5 Å². The minimum atomic E-state index is 0.548. The number of nitrogens with zero attached hydrogens (tertiary/aromatic N) is 1. The maximum absolute atomic E-state index is 5.49. The average Bonchev–Trinajstić information content (AvgIpc) is 3.14. The van der Waals surface area contributed by atoms with Gasteiger partial charge in [-0.1, -0.05) is 0 Å². The fraction of sp³-hybridized carbons (Fsp3) is 0.353. The molecule has 2 aromatic rings. The summed E-state index contributed by atoms with van der Waals surface area (Å²) in [5, 5.41) is 10.7. The van der Waals surface area contributed by atoms with Gasteiger partial charge in [0, 0.05) is 25.7 Å². The third-order valence-electron chi connectivity index (χ3n) is 3.50. The van der Waals surface area contributed by atoms with Crippen molar-refractivity contribution in [3.8, 4) is 17.2 Å². The number of ether oxygens (including phenoxy) is 3. The van der Waals surface area contributed by atoms with E-state index in [1.165, 1.54) is 5.56 Å². The van der Waals surface area contributed by atoms with Gasteiger partial charge in [0.05, 0.1) is 21.3 Å². The number of benzene rings is 1. The Morgan fingerprint density at radius 1 is 1.00 bits per heavy atom. The molecule has 0 amide bonds. The van der Waals surface area contributed by atoms with Gasteiger partial charge in [0.1, 0.15) is 0 Å². The smallest absolute Gasteiger partial charge is 0.203 e. The van der Waals surface area contributed by atoms with Gasteiger partial charge in [-0.15, -0.1) is 0 Å². The Labute approximate surface area is 146 Å². The van der Waals surface area contributed by atoms with Crippen LogP contribution in [0.5, 0.6) is 17.2 Å². The lowest BCUT2D eigenvalue weighted by atomic mass is 10.1. The van der Waals surface area contributed by atoms with E-state index >= 15 is 0 Å². The van der Waals surface area contributed by atoms with E-state index in [4.69, 9.17) is 14.2 Å². The van der Waals surface area contributed by atoms with Crippen LogP contribution < -0.4 is 24.8 Å². The van der Waals surface area contributed by atoms with Crippen LogP contribution in [0.25, 0.3) is 0 Å². The molecule has 0 saturated carbocycles. The summed E-state index contributed by atoms with van der Waals surface area (Å²) >= 11 is 1.68. The third-order valence-corrected chi connectivity index (χ3v) is 4.23. The van der Waals surface area contributed by atoms with Crippen LogP contribution in [0.1, 0.15) is 11.1 Å². The molecule has 1 aromatic heterocycles. The molecule has 1 aromatic carbocycles. The topological polar surface area (TPSA) is 64.1 Å². The van der Waals surface area contributed by atoms with Crippen molar-refractivity contribution >= 4 is 17.3 Å². The number of aliphatic imine (C=N–C) groups is 1. The van der Waals surface area contributed by atoms with Gasteiger partial charge in [-0.25, -0.2) is 0 Å². The largest absolute Gasteiger partial charge is 0.493 e. The first-order valence-corrected chi connectivity index (χ1v) is 8.41. The first-order chi connectivity index (χ1) is 11.7. The lowest BCUT2D eigenvalue weighted by molar-refractivity contribution is 0.322. The summed E-state index contributed by atoms with van der Waals surface area (Å²) in [6.45, 7) is 1.28. The zero-order chi connectivity index (χ0) is 17.4. The summed E-state index contributed by atoms with van der Waals surface area (Å²) in [7, 11) is 6.56. The number of rotatable bonds is 7. The molecule has 7 heteroatoms. The molecule has 0 aliphatic rings. The van der Waals surface area contributed by atoms with Gasteiger partial charge in [-0.05, 0) is 34.5 Å². The van der Waals surface area contributed by atoms with Gasteiger partial charge in [0.25, 0.3) is 0 Å². The normalized spacial score (nSPS) is 11.1. The highest BCUT2D eigenvalue weighted by molar-refractivity contribution is 7.07. The van der Waals surface area contributed by atoms with Gasteiger partial charge >= 0.3 is 0 Å². The van der Waals surface area contributed by atoms with Crippen LogP contribution in [0.15, 0.2) is 34.0 Å². The summed E-state index contributed by atoms with van der Waals surface area (Å²) < 4.78 is 16.2. The SMILES string of the molecule is CN=C(NCc1ccsc1)NCc1ccc(OC)c(OC)c1OC. The monoisotopic (exact) mass is 349 g/mol.